The Morgan fingerprint density at radius 3 is 2.93 bits per heavy atom. The third kappa shape index (κ3) is 1.48. The maximum atomic E-state index is 13.1. The molecule has 0 unspecified atom stereocenters. The lowest BCUT2D eigenvalue weighted by molar-refractivity contribution is -0.116. The molecule has 2 rings (SSSR count). The summed E-state index contributed by atoms with van der Waals surface area (Å²) in [6.45, 7) is 0.236. The van der Waals surface area contributed by atoms with Crippen LogP contribution >= 0.6 is 0 Å². The first kappa shape index (κ1) is 9.15. The van der Waals surface area contributed by atoms with Gasteiger partial charge in [0.05, 0.1) is 0 Å². The molecular formula is C10H11FN2O. The van der Waals surface area contributed by atoms with Crippen LogP contribution in [0, 0.1) is 5.82 Å². The van der Waals surface area contributed by atoms with Gasteiger partial charge in [-0.05, 0) is 29.7 Å². The van der Waals surface area contributed by atoms with E-state index in [1.807, 2.05) is 0 Å². The second-order valence-electron chi connectivity index (χ2n) is 3.35. The maximum Gasteiger partial charge on any atom is 0.224 e. The summed E-state index contributed by atoms with van der Waals surface area (Å²) in [6.07, 6.45) is 1.01. The van der Waals surface area contributed by atoms with Crippen molar-refractivity contribution in [2.24, 2.45) is 5.73 Å². The Hall–Kier alpha value is -1.42. The maximum absolute atomic E-state index is 13.1. The van der Waals surface area contributed by atoms with Crippen LogP contribution in [0.25, 0.3) is 0 Å². The molecule has 0 fully saturated rings. The first-order chi connectivity index (χ1) is 6.70. The number of carbonyl (C=O) groups excluding carboxylic acids is 1. The minimum atomic E-state index is -0.291. The van der Waals surface area contributed by atoms with E-state index in [4.69, 9.17) is 5.73 Å². The first-order valence-corrected chi connectivity index (χ1v) is 4.52. The number of fused-ring (bicyclic) bond motifs is 1. The number of anilines is 1. The second-order valence-corrected chi connectivity index (χ2v) is 3.35. The lowest BCUT2D eigenvalue weighted by Gasteiger charge is -2.19. The van der Waals surface area contributed by atoms with Crippen molar-refractivity contribution in [2.75, 3.05) is 5.32 Å². The van der Waals surface area contributed by atoms with Gasteiger partial charge in [-0.2, -0.15) is 0 Å². The number of hydrogen-bond donors (Lipinski definition) is 2. The van der Waals surface area contributed by atoms with E-state index in [-0.39, 0.29) is 18.3 Å². The number of hydrogen-bond acceptors (Lipinski definition) is 2. The number of carbonyl (C=O) groups is 1. The van der Waals surface area contributed by atoms with Crippen molar-refractivity contribution in [3.63, 3.8) is 0 Å². The van der Waals surface area contributed by atoms with Crippen molar-refractivity contribution in [1.82, 2.24) is 0 Å². The average Bonchev–Trinajstić information content (AvgIpc) is 2.17. The van der Waals surface area contributed by atoms with Crippen LogP contribution in [0.5, 0.6) is 0 Å². The molecule has 3 N–H and O–H groups in total. The minimum absolute atomic E-state index is 0.0289. The summed E-state index contributed by atoms with van der Waals surface area (Å²) in [6, 6.07) is 2.82. The van der Waals surface area contributed by atoms with Crippen molar-refractivity contribution in [1.29, 1.82) is 0 Å². The van der Waals surface area contributed by atoms with Gasteiger partial charge < -0.3 is 11.1 Å². The number of nitrogens with two attached hydrogens (primary N) is 1. The van der Waals surface area contributed by atoms with E-state index in [1.165, 1.54) is 12.1 Å². The number of rotatable bonds is 1. The van der Waals surface area contributed by atoms with E-state index >= 15 is 0 Å². The third-order valence-electron chi connectivity index (χ3n) is 2.37. The van der Waals surface area contributed by atoms with E-state index < -0.39 is 0 Å². The molecule has 0 radical (unpaired) electrons. The zero-order valence-electron chi connectivity index (χ0n) is 7.64. The molecule has 1 aromatic carbocycles. The first-order valence-electron chi connectivity index (χ1n) is 4.52. The molecule has 74 valence electrons. The molecule has 1 heterocycles. The van der Waals surface area contributed by atoms with Crippen LogP contribution in [0.3, 0.4) is 0 Å². The zero-order valence-corrected chi connectivity index (χ0v) is 7.64. The highest BCUT2D eigenvalue weighted by Gasteiger charge is 2.18. The summed E-state index contributed by atoms with van der Waals surface area (Å²) in [5.74, 6) is -0.320. The Morgan fingerprint density at radius 1 is 1.43 bits per heavy atom. The summed E-state index contributed by atoms with van der Waals surface area (Å²) >= 11 is 0. The van der Waals surface area contributed by atoms with Gasteiger partial charge in [-0.1, -0.05) is 0 Å². The Morgan fingerprint density at radius 2 is 2.21 bits per heavy atom. The Kier molecular flexibility index (Phi) is 2.21. The largest absolute Gasteiger partial charge is 0.326 e. The van der Waals surface area contributed by atoms with Gasteiger partial charge in [0.15, 0.2) is 0 Å². The van der Waals surface area contributed by atoms with Crippen molar-refractivity contribution < 1.29 is 9.18 Å². The summed E-state index contributed by atoms with van der Waals surface area (Å²) < 4.78 is 13.1. The monoisotopic (exact) mass is 194 g/mol. The fourth-order valence-corrected chi connectivity index (χ4v) is 1.69. The molecule has 14 heavy (non-hydrogen) atoms. The number of amides is 1. The topological polar surface area (TPSA) is 55.1 Å². The Balaban J connectivity index is 2.52. The zero-order chi connectivity index (χ0) is 10.1. The highest BCUT2D eigenvalue weighted by atomic mass is 19.1. The van der Waals surface area contributed by atoms with Gasteiger partial charge in [0.1, 0.15) is 5.82 Å². The van der Waals surface area contributed by atoms with Gasteiger partial charge in [0.25, 0.3) is 0 Å². The summed E-state index contributed by atoms with van der Waals surface area (Å²) in [4.78, 5) is 11.1. The summed E-state index contributed by atoms with van der Waals surface area (Å²) in [5.41, 5.74) is 7.67. The van der Waals surface area contributed by atoms with Gasteiger partial charge in [0.2, 0.25) is 5.91 Å². The predicted octanol–water partition coefficient (Wildman–Crippen LogP) is 1.17. The molecule has 0 spiro atoms. The molecule has 0 saturated heterocycles. The predicted molar refractivity (Wildman–Crippen MR) is 51.2 cm³/mol. The van der Waals surface area contributed by atoms with Crippen LogP contribution in [-0.4, -0.2) is 5.91 Å². The van der Waals surface area contributed by atoms with Crippen LogP contribution in [-0.2, 0) is 17.8 Å². The molecule has 0 atom stereocenters. The highest BCUT2D eigenvalue weighted by Crippen LogP contribution is 2.27. The van der Waals surface area contributed by atoms with E-state index in [0.717, 1.165) is 5.56 Å². The summed E-state index contributed by atoms with van der Waals surface area (Å²) in [5, 5.41) is 2.72. The summed E-state index contributed by atoms with van der Waals surface area (Å²) in [7, 11) is 0. The smallest absolute Gasteiger partial charge is 0.224 e. The van der Waals surface area contributed by atoms with Gasteiger partial charge in [-0.15, -0.1) is 0 Å². The molecule has 1 aromatic rings. The van der Waals surface area contributed by atoms with Crippen molar-refractivity contribution in [3.8, 4) is 0 Å². The highest BCUT2D eigenvalue weighted by molar-refractivity contribution is 5.94. The molecule has 3 nitrogen and oxygen atoms in total. The van der Waals surface area contributed by atoms with Gasteiger partial charge in [-0.25, -0.2) is 4.39 Å². The lowest BCUT2D eigenvalue weighted by atomic mass is 9.99. The molecule has 1 amide bonds. The molecule has 1 aliphatic heterocycles. The van der Waals surface area contributed by atoms with Crippen molar-refractivity contribution in [3.05, 3.63) is 29.1 Å². The number of nitrogens with one attached hydrogen (secondary N) is 1. The fraction of sp³-hybridized carbons (Fsp3) is 0.300. The van der Waals surface area contributed by atoms with E-state index in [0.29, 0.717) is 24.1 Å². The normalized spacial score (nSPS) is 14.9. The van der Waals surface area contributed by atoms with Crippen molar-refractivity contribution >= 4 is 11.6 Å². The SMILES string of the molecule is NCc1cc(F)cc2c1NC(=O)CC2. The van der Waals surface area contributed by atoms with Crippen LogP contribution in [0.1, 0.15) is 17.5 Å². The molecule has 0 bridgehead atoms. The lowest BCUT2D eigenvalue weighted by Crippen LogP contribution is -2.21. The van der Waals surface area contributed by atoms with E-state index in [2.05, 4.69) is 5.32 Å². The quantitative estimate of drug-likeness (QED) is 0.705. The molecule has 0 saturated carbocycles. The van der Waals surface area contributed by atoms with Crippen LogP contribution in [0.15, 0.2) is 12.1 Å². The Bertz CT molecular complexity index is 373. The number of halogens is 1. The number of aryl methyl sites for hydroxylation is 1. The molecule has 4 heteroatoms. The van der Waals surface area contributed by atoms with E-state index in [9.17, 15) is 9.18 Å². The molecule has 0 aromatic heterocycles. The van der Waals surface area contributed by atoms with Crippen LogP contribution < -0.4 is 11.1 Å². The average molecular weight is 194 g/mol. The number of benzene rings is 1. The van der Waals surface area contributed by atoms with Crippen LogP contribution in [0.2, 0.25) is 0 Å². The third-order valence-corrected chi connectivity index (χ3v) is 2.37. The molecular weight excluding hydrogens is 183 g/mol. The Labute approximate surface area is 81.1 Å². The standard InChI is InChI=1S/C10H11FN2O/c11-8-3-6-1-2-9(14)13-10(6)7(4-8)5-12/h3-4H,1-2,5,12H2,(H,13,14). The van der Waals surface area contributed by atoms with E-state index in [1.54, 1.807) is 0 Å². The molecule has 1 aliphatic rings. The second kappa shape index (κ2) is 3.38. The van der Waals surface area contributed by atoms with Gasteiger partial charge in [-0.3, -0.25) is 4.79 Å². The molecule has 0 aliphatic carbocycles. The van der Waals surface area contributed by atoms with Gasteiger partial charge >= 0.3 is 0 Å². The van der Waals surface area contributed by atoms with Crippen LogP contribution in [0.4, 0.5) is 10.1 Å². The minimum Gasteiger partial charge on any atom is -0.326 e. The van der Waals surface area contributed by atoms with Crippen molar-refractivity contribution in [2.45, 2.75) is 19.4 Å². The van der Waals surface area contributed by atoms with Gasteiger partial charge in [0, 0.05) is 18.7 Å². The fourth-order valence-electron chi connectivity index (χ4n) is 1.69.